The molecule has 2 amide bonds. The van der Waals surface area contributed by atoms with Gasteiger partial charge in [-0.3, -0.25) is 15.0 Å². The molecule has 174 valence electrons. The van der Waals surface area contributed by atoms with Crippen molar-refractivity contribution in [3.63, 3.8) is 0 Å². The Morgan fingerprint density at radius 3 is 2.67 bits per heavy atom. The van der Waals surface area contributed by atoms with Crippen molar-refractivity contribution in [1.29, 1.82) is 0 Å². The Morgan fingerprint density at radius 1 is 1.18 bits per heavy atom. The average molecular weight is 505 g/mol. The zero-order valence-corrected chi connectivity index (χ0v) is 21.0. The number of benzene rings is 2. The molecule has 9 heteroatoms. The first-order chi connectivity index (χ1) is 15.8. The lowest BCUT2D eigenvalue weighted by Crippen LogP contribution is -2.44. The maximum Gasteiger partial charge on any atom is 0.285 e. The van der Waals surface area contributed by atoms with Crippen LogP contribution in [0.1, 0.15) is 48.2 Å². The lowest BCUT2D eigenvalue weighted by atomic mass is 10.1. The molecule has 3 rings (SSSR count). The highest BCUT2D eigenvalue weighted by Crippen LogP contribution is 2.34. The van der Waals surface area contributed by atoms with Gasteiger partial charge in [0.25, 0.3) is 11.8 Å². The van der Waals surface area contributed by atoms with Crippen molar-refractivity contribution in [2.75, 3.05) is 13.2 Å². The van der Waals surface area contributed by atoms with Crippen LogP contribution in [0.5, 0.6) is 11.5 Å². The number of carbonyl (C=O) groups is 2. The second kappa shape index (κ2) is 11.5. The van der Waals surface area contributed by atoms with Crippen molar-refractivity contribution in [3.05, 3.63) is 63.0 Å². The molecule has 0 aromatic heterocycles. The Hall–Kier alpha value is -2.55. The van der Waals surface area contributed by atoms with Crippen molar-refractivity contribution in [2.24, 2.45) is 0 Å². The molecule has 0 bridgehead atoms. The molecule has 2 aromatic rings. The molecule has 0 aliphatic carbocycles. The highest BCUT2D eigenvalue weighted by Gasteiger charge is 2.34. The number of thiocarbonyl (C=S) groups is 1. The summed E-state index contributed by atoms with van der Waals surface area (Å²) in [7, 11) is 0. The van der Waals surface area contributed by atoms with E-state index in [4.69, 9.17) is 33.3 Å². The minimum Gasteiger partial charge on any atom is -0.490 e. The number of hydrogen-bond donors (Lipinski definition) is 1. The van der Waals surface area contributed by atoms with Gasteiger partial charge in [-0.05, 0) is 74.0 Å². The summed E-state index contributed by atoms with van der Waals surface area (Å²) < 4.78 is 11.7. The number of amides is 2. The molecule has 1 saturated heterocycles. The van der Waals surface area contributed by atoms with Gasteiger partial charge in [0.2, 0.25) is 0 Å². The van der Waals surface area contributed by atoms with Crippen LogP contribution in [0.4, 0.5) is 0 Å². The van der Waals surface area contributed by atoms with Crippen molar-refractivity contribution in [1.82, 2.24) is 10.4 Å². The van der Waals surface area contributed by atoms with Gasteiger partial charge in [-0.15, -0.1) is 0 Å². The predicted molar refractivity (Wildman–Crippen MR) is 137 cm³/mol. The quantitative estimate of drug-likeness (QED) is 0.265. The fourth-order valence-electron chi connectivity index (χ4n) is 3.01. The van der Waals surface area contributed by atoms with E-state index in [1.165, 1.54) is 0 Å². The number of nitrogens with one attached hydrogen (secondary N) is 1. The zero-order valence-electron chi connectivity index (χ0n) is 18.6. The first kappa shape index (κ1) is 25.1. The Kier molecular flexibility index (Phi) is 8.77. The molecule has 1 fully saturated rings. The first-order valence-electron chi connectivity index (χ1n) is 10.6. The van der Waals surface area contributed by atoms with Crippen molar-refractivity contribution >= 4 is 57.8 Å². The van der Waals surface area contributed by atoms with Crippen molar-refractivity contribution in [2.45, 2.75) is 33.6 Å². The minimum absolute atomic E-state index is 0.229. The van der Waals surface area contributed by atoms with Crippen LogP contribution in [0, 0.1) is 6.92 Å². The second-order valence-corrected chi connectivity index (χ2v) is 9.37. The number of rotatable bonds is 9. The fourth-order valence-corrected chi connectivity index (χ4v) is 4.51. The molecule has 1 N–H and O–H groups in total. The van der Waals surface area contributed by atoms with Crippen LogP contribution < -0.4 is 14.9 Å². The number of unbranched alkanes of at least 4 members (excludes halogenated alkanes) is 1. The predicted octanol–water partition coefficient (Wildman–Crippen LogP) is 5.77. The molecule has 0 saturated carbocycles. The third-order valence-electron chi connectivity index (χ3n) is 4.70. The number of carbonyl (C=O) groups excluding carboxylic acids is 2. The van der Waals surface area contributed by atoms with E-state index in [0.29, 0.717) is 34.6 Å². The number of halogens is 1. The minimum atomic E-state index is -0.509. The average Bonchev–Trinajstić information content (AvgIpc) is 3.02. The number of hydrazine groups is 1. The molecule has 1 heterocycles. The Balaban J connectivity index is 1.77. The van der Waals surface area contributed by atoms with Gasteiger partial charge in [0.15, 0.2) is 15.8 Å². The third kappa shape index (κ3) is 6.28. The zero-order chi connectivity index (χ0) is 24.0. The first-order valence-corrected chi connectivity index (χ1v) is 12.2. The van der Waals surface area contributed by atoms with Gasteiger partial charge in [0, 0.05) is 0 Å². The molecule has 1 aliphatic heterocycles. The Morgan fingerprint density at radius 2 is 1.97 bits per heavy atom. The van der Waals surface area contributed by atoms with Crippen LogP contribution in [0.3, 0.4) is 0 Å². The number of ether oxygens (including phenoxy) is 2. The number of nitrogens with zero attached hydrogens (tertiary/aromatic N) is 1. The topological polar surface area (TPSA) is 67.9 Å². The van der Waals surface area contributed by atoms with E-state index >= 15 is 0 Å². The monoisotopic (exact) mass is 504 g/mol. The number of aryl methyl sites for hydroxylation is 1. The van der Waals surface area contributed by atoms with Gasteiger partial charge >= 0.3 is 0 Å². The standard InChI is InChI=1S/C24H25ClN2O4S2/c1-4-6-11-31-19-10-8-16(13-20(19)30-5-2)14-21-23(29)27(24(32)33-21)26-22(28)17-9-7-15(3)12-18(17)25/h7-10,12-14H,4-6,11H2,1-3H3,(H,26,28)/b21-14-. The van der Waals surface area contributed by atoms with Crippen LogP contribution in [-0.4, -0.2) is 34.4 Å². The summed E-state index contributed by atoms with van der Waals surface area (Å²) in [6, 6.07) is 10.6. The fraction of sp³-hybridized carbons (Fsp3) is 0.292. The van der Waals surface area contributed by atoms with E-state index in [9.17, 15) is 9.59 Å². The second-order valence-electron chi connectivity index (χ2n) is 7.28. The maximum atomic E-state index is 12.9. The lowest BCUT2D eigenvalue weighted by Gasteiger charge is -2.16. The summed E-state index contributed by atoms with van der Waals surface area (Å²) in [6.45, 7) is 6.98. The molecular weight excluding hydrogens is 480 g/mol. The highest BCUT2D eigenvalue weighted by atomic mass is 35.5. The van der Waals surface area contributed by atoms with E-state index in [2.05, 4.69) is 12.3 Å². The molecule has 0 spiro atoms. The van der Waals surface area contributed by atoms with Gasteiger partial charge in [-0.1, -0.05) is 48.8 Å². The number of hydrogen-bond acceptors (Lipinski definition) is 6. The number of thioether (sulfide) groups is 1. The van der Waals surface area contributed by atoms with Gasteiger partial charge < -0.3 is 9.47 Å². The van der Waals surface area contributed by atoms with Crippen LogP contribution in [0.15, 0.2) is 41.3 Å². The smallest absolute Gasteiger partial charge is 0.285 e. The largest absolute Gasteiger partial charge is 0.490 e. The van der Waals surface area contributed by atoms with Gasteiger partial charge in [-0.2, -0.15) is 5.01 Å². The van der Waals surface area contributed by atoms with Crippen molar-refractivity contribution < 1.29 is 19.1 Å². The third-order valence-corrected chi connectivity index (χ3v) is 6.31. The molecule has 33 heavy (non-hydrogen) atoms. The normalized spacial score (nSPS) is 14.7. The van der Waals surface area contributed by atoms with Gasteiger partial charge in [0.1, 0.15) is 0 Å². The summed E-state index contributed by atoms with van der Waals surface area (Å²) >= 11 is 12.6. The molecule has 6 nitrogen and oxygen atoms in total. The van der Waals surface area contributed by atoms with Crippen molar-refractivity contribution in [3.8, 4) is 11.5 Å². The van der Waals surface area contributed by atoms with Gasteiger partial charge in [0.05, 0.1) is 28.7 Å². The molecule has 2 aromatic carbocycles. The van der Waals surface area contributed by atoms with Crippen LogP contribution in [0.2, 0.25) is 5.02 Å². The van der Waals surface area contributed by atoms with E-state index in [0.717, 1.165) is 40.7 Å². The summed E-state index contributed by atoms with van der Waals surface area (Å²) in [5.41, 5.74) is 4.51. The maximum absolute atomic E-state index is 12.9. The van der Waals surface area contributed by atoms with E-state index in [-0.39, 0.29) is 9.88 Å². The van der Waals surface area contributed by atoms with Crippen LogP contribution >= 0.6 is 35.6 Å². The summed E-state index contributed by atoms with van der Waals surface area (Å²) in [6.07, 6.45) is 3.70. The van der Waals surface area contributed by atoms with E-state index in [1.54, 1.807) is 24.3 Å². The van der Waals surface area contributed by atoms with Gasteiger partial charge in [-0.25, -0.2) is 0 Å². The summed E-state index contributed by atoms with van der Waals surface area (Å²) in [5, 5.41) is 1.37. The highest BCUT2D eigenvalue weighted by molar-refractivity contribution is 8.26. The van der Waals surface area contributed by atoms with Crippen LogP contribution in [0.25, 0.3) is 6.08 Å². The summed E-state index contributed by atoms with van der Waals surface area (Å²) in [5.74, 6) is 0.352. The Labute approximate surface area is 208 Å². The molecule has 0 unspecified atom stereocenters. The van der Waals surface area contributed by atoms with E-state index in [1.807, 2.05) is 32.0 Å². The molecular formula is C24H25ClN2O4S2. The Bertz CT molecular complexity index is 1100. The van der Waals surface area contributed by atoms with Crippen LogP contribution in [-0.2, 0) is 4.79 Å². The summed E-state index contributed by atoms with van der Waals surface area (Å²) in [4.78, 5) is 26.0. The molecule has 0 atom stereocenters. The lowest BCUT2D eigenvalue weighted by molar-refractivity contribution is -0.123. The molecule has 0 radical (unpaired) electrons. The SMILES string of the molecule is CCCCOc1ccc(/C=C2\SC(=S)N(NC(=O)c3ccc(C)cc3Cl)C2=O)cc1OCC. The van der Waals surface area contributed by atoms with E-state index < -0.39 is 11.8 Å². The molecule has 1 aliphatic rings.